The SMILES string of the molecule is COc1cccc(-c2ccc3[nH]ccc3c2)n1. The summed E-state index contributed by atoms with van der Waals surface area (Å²) in [6.07, 6.45) is 1.94. The topological polar surface area (TPSA) is 37.9 Å². The van der Waals surface area contributed by atoms with E-state index in [-0.39, 0.29) is 0 Å². The number of aromatic amines is 1. The second-order valence-corrected chi connectivity index (χ2v) is 3.84. The number of hydrogen-bond donors (Lipinski definition) is 1. The molecule has 17 heavy (non-hydrogen) atoms. The fourth-order valence-corrected chi connectivity index (χ4v) is 1.90. The maximum absolute atomic E-state index is 5.13. The summed E-state index contributed by atoms with van der Waals surface area (Å²) in [5.74, 6) is 0.636. The van der Waals surface area contributed by atoms with Crippen molar-refractivity contribution in [2.45, 2.75) is 0 Å². The van der Waals surface area contributed by atoms with Crippen LogP contribution in [0.3, 0.4) is 0 Å². The molecule has 2 heterocycles. The summed E-state index contributed by atoms with van der Waals surface area (Å²) in [6.45, 7) is 0. The third-order valence-electron chi connectivity index (χ3n) is 2.78. The molecule has 0 aliphatic rings. The van der Waals surface area contributed by atoms with Crippen molar-refractivity contribution in [3.63, 3.8) is 0 Å². The number of nitrogens with zero attached hydrogens (tertiary/aromatic N) is 1. The van der Waals surface area contributed by atoms with E-state index >= 15 is 0 Å². The van der Waals surface area contributed by atoms with Gasteiger partial charge in [-0.2, -0.15) is 0 Å². The van der Waals surface area contributed by atoms with Crippen LogP contribution in [0.5, 0.6) is 5.88 Å². The average Bonchev–Trinajstić information content (AvgIpc) is 2.86. The molecule has 0 saturated carbocycles. The predicted octanol–water partition coefficient (Wildman–Crippen LogP) is 3.24. The van der Waals surface area contributed by atoms with Gasteiger partial charge in [-0.25, -0.2) is 4.98 Å². The molecule has 0 aliphatic carbocycles. The Hall–Kier alpha value is -2.29. The van der Waals surface area contributed by atoms with Crippen molar-refractivity contribution >= 4 is 10.9 Å². The summed E-state index contributed by atoms with van der Waals surface area (Å²) in [6, 6.07) is 14.1. The van der Waals surface area contributed by atoms with Gasteiger partial charge in [0.05, 0.1) is 12.8 Å². The van der Waals surface area contributed by atoms with Crippen molar-refractivity contribution in [1.29, 1.82) is 0 Å². The fraction of sp³-hybridized carbons (Fsp3) is 0.0714. The fourth-order valence-electron chi connectivity index (χ4n) is 1.90. The van der Waals surface area contributed by atoms with Crippen molar-refractivity contribution in [2.24, 2.45) is 0 Å². The molecule has 0 atom stereocenters. The lowest BCUT2D eigenvalue weighted by Crippen LogP contribution is -1.89. The molecule has 0 fully saturated rings. The van der Waals surface area contributed by atoms with E-state index in [2.05, 4.69) is 34.2 Å². The van der Waals surface area contributed by atoms with E-state index in [1.807, 2.05) is 24.4 Å². The van der Waals surface area contributed by atoms with Gasteiger partial charge in [-0.05, 0) is 24.3 Å². The second kappa shape index (κ2) is 3.94. The summed E-state index contributed by atoms with van der Waals surface area (Å²) in [4.78, 5) is 7.60. The van der Waals surface area contributed by atoms with Crippen LogP contribution in [0.1, 0.15) is 0 Å². The van der Waals surface area contributed by atoms with Gasteiger partial charge in [0, 0.05) is 28.7 Å². The number of rotatable bonds is 2. The number of H-pyrrole nitrogens is 1. The van der Waals surface area contributed by atoms with Crippen LogP contribution in [0.15, 0.2) is 48.7 Å². The van der Waals surface area contributed by atoms with E-state index in [0.717, 1.165) is 16.8 Å². The van der Waals surface area contributed by atoms with Gasteiger partial charge in [0.25, 0.3) is 0 Å². The van der Waals surface area contributed by atoms with Crippen LogP contribution in [0.4, 0.5) is 0 Å². The molecule has 3 rings (SSSR count). The number of nitrogens with one attached hydrogen (secondary N) is 1. The van der Waals surface area contributed by atoms with Gasteiger partial charge in [-0.3, -0.25) is 0 Å². The van der Waals surface area contributed by atoms with E-state index in [9.17, 15) is 0 Å². The van der Waals surface area contributed by atoms with Gasteiger partial charge in [-0.1, -0.05) is 12.1 Å². The summed E-state index contributed by atoms with van der Waals surface area (Å²) < 4.78 is 5.13. The molecule has 0 saturated heterocycles. The molecule has 3 aromatic rings. The molecule has 0 amide bonds. The number of hydrogen-bond acceptors (Lipinski definition) is 2. The zero-order chi connectivity index (χ0) is 11.7. The smallest absolute Gasteiger partial charge is 0.213 e. The van der Waals surface area contributed by atoms with Crippen LogP contribution in [-0.4, -0.2) is 17.1 Å². The van der Waals surface area contributed by atoms with E-state index in [0.29, 0.717) is 5.88 Å². The summed E-state index contributed by atoms with van der Waals surface area (Å²) in [7, 11) is 1.63. The molecular formula is C14H12N2O. The van der Waals surface area contributed by atoms with Crippen molar-refractivity contribution in [3.05, 3.63) is 48.7 Å². The number of ether oxygens (including phenoxy) is 1. The van der Waals surface area contributed by atoms with Gasteiger partial charge in [0.15, 0.2) is 0 Å². The van der Waals surface area contributed by atoms with Crippen LogP contribution in [-0.2, 0) is 0 Å². The number of methoxy groups -OCH3 is 1. The molecule has 2 aromatic heterocycles. The van der Waals surface area contributed by atoms with E-state index in [1.165, 1.54) is 5.39 Å². The third kappa shape index (κ3) is 1.76. The highest BCUT2D eigenvalue weighted by atomic mass is 16.5. The Kier molecular flexibility index (Phi) is 2.29. The molecule has 0 spiro atoms. The molecule has 1 aromatic carbocycles. The molecular weight excluding hydrogens is 212 g/mol. The Morgan fingerprint density at radius 2 is 2.06 bits per heavy atom. The largest absolute Gasteiger partial charge is 0.481 e. The molecule has 3 heteroatoms. The molecule has 3 nitrogen and oxygen atoms in total. The first-order chi connectivity index (χ1) is 8.36. The summed E-state index contributed by atoms with van der Waals surface area (Å²) in [5.41, 5.74) is 3.15. The Labute approximate surface area is 99.1 Å². The van der Waals surface area contributed by atoms with Gasteiger partial charge < -0.3 is 9.72 Å². The molecule has 1 N–H and O–H groups in total. The Balaban J connectivity index is 2.12. The zero-order valence-corrected chi connectivity index (χ0v) is 9.47. The van der Waals surface area contributed by atoms with Gasteiger partial charge >= 0.3 is 0 Å². The maximum Gasteiger partial charge on any atom is 0.213 e. The highest BCUT2D eigenvalue weighted by Crippen LogP contribution is 2.23. The molecule has 84 valence electrons. The van der Waals surface area contributed by atoms with Crippen molar-refractivity contribution in [3.8, 4) is 17.1 Å². The highest BCUT2D eigenvalue weighted by Gasteiger charge is 2.02. The maximum atomic E-state index is 5.13. The average molecular weight is 224 g/mol. The van der Waals surface area contributed by atoms with Gasteiger partial charge in [0.1, 0.15) is 0 Å². The second-order valence-electron chi connectivity index (χ2n) is 3.84. The van der Waals surface area contributed by atoms with Crippen molar-refractivity contribution in [2.75, 3.05) is 7.11 Å². The molecule has 0 aliphatic heterocycles. The van der Waals surface area contributed by atoms with Crippen molar-refractivity contribution in [1.82, 2.24) is 9.97 Å². The minimum Gasteiger partial charge on any atom is -0.481 e. The van der Waals surface area contributed by atoms with Crippen LogP contribution in [0, 0.1) is 0 Å². The van der Waals surface area contributed by atoms with Crippen LogP contribution < -0.4 is 4.74 Å². The minimum atomic E-state index is 0.636. The van der Waals surface area contributed by atoms with E-state index in [4.69, 9.17) is 4.74 Å². The monoisotopic (exact) mass is 224 g/mol. The molecule has 0 unspecified atom stereocenters. The van der Waals surface area contributed by atoms with Crippen LogP contribution >= 0.6 is 0 Å². The zero-order valence-electron chi connectivity index (χ0n) is 9.47. The number of aromatic nitrogens is 2. The Morgan fingerprint density at radius 3 is 2.94 bits per heavy atom. The number of fused-ring (bicyclic) bond motifs is 1. The number of pyridine rings is 1. The lowest BCUT2D eigenvalue weighted by atomic mass is 10.1. The lowest BCUT2D eigenvalue weighted by Gasteiger charge is -2.03. The first-order valence-electron chi connectivity index (χ1n) is 5.45. The van der Waals surface area contributed by atoms with Crippen LogP contribution in [0.2, 0.25) is 0 Å². The number of benzene rings is 1. The van der Waals surface area contributed by atoms with Gasteiger partial charge in [-0.15, -0.1) is 0 Å². The first-order valence-corrected chi connectivity index (χ1v) is 5.45. The predicted molar refractivity (Wildman–Crippen MR) is 68.1 cm³/mol. The quantitative estimate of drug-likeness (QED) is 0.725. The normalized spacial score (nSPS) is 10.6. The van der Waals surface area contributed by atoms with E-state index < -0.39 is 0 Å². The van der Waals surface area contributed by atoms with Gasteiger partial charge in [0.2, 0.25) is 5.88 Å². The Morgan fingerprint density at radius 1 is 1.12 bits per heavy atom. The highest BCUT2D eigenvalue weighted by molar-refractivity contribution is 5.84. The Bertz CT molecular complexity index is 658. The minimum absolute atomic E-state index is 0.636. The first kappa shape index (κ1) is 9.90. The third-order valence-corrected chi connectivity index (χ3v) is 2.78. The summed E-state index contributed by atoms with van der Waals surface area (Å²) in [5, 5.41) is 1.19. The molecule has 0 bridgehead atoms. The summed E-state index contributed by atoms with van der Waals surface area (Å²) >= 11 is 0. The van der Waals surface area contributed by atoms with Crippen LogP contribution in [0.25, 0.3) is 22.2 Å². The lowest BCUT2D eigenvalue weighted by molar-refractivity contribution is 0.398. The van der Waals surface area contributed by atoms with E-state index in [1.54, 1.807) is 7.11 Å². The van der Waals surface area contributed by atoms with Crippen molar-refractivity contribution < 1.29 is 4.74 Å². The standard InChI is InChI=1S/C14H12N2O/c1-17-14-4-2-3-13(16-14)10-5-6-12-11(9-10)7-8-15-12/h2-9,15H,1H3. The molecule has 0 radical (unpaired) electrons.